The van der Waals surface area contributed by atoms with Gasteiger partial charge in [0.2, 0.25) is 0 Å². The van der Waals surface area contributed by atoms with Crippen molar-refractivity contribution in [3.05, 3.63) is 83.9 Å². The van der Waals surface area contributed by atoms with Crippen LogP contribution in [-0.2, 0) is 0 Å². The van der Waals surface area contributed by atoms with E-state index in [0.717, 1.165) is 18.4 Å². The molecule has 0 atom stereocenters. The molecule has 2 nitrogen and oxygen atoms in total. The van der Waals surface area contributed by atoms with Gasteiger partial charge in [-0.25, -0.2) is 0 Å². The molecule has 0 aliphatic carbocycles. The summed E-state index contributed by atoms with van der Waals surface area (Å²) in [4.78, 5) is 0. The molecule has 2 aromatic rings. The average molecular weight is 384 g/mol. The third kappa shape index (κ3) is 4.34. The Labute approximate surface area is 134 Å². The number of hydrogen-bond acceptors (Lipinski definition) is 2. The zero-order valence-corrected chi connectivity index (χ0v) is 13.6. The molecular weight excluding hydrogens is 372 g/mol. The van der Waals surface area contributed by atoms with Gasteiger partial charge < -0.3 is 0 Å². The van der Waals surface area contributed by atoms with Gasteiger partial charge in [-0.2, -0.15) is 0 Å². The van der Waals surface area contributed by atoms with Crippen molar-refractivity contribution in [2.75, 3.05) is 0 Å². The monoisotopic (exact) mass is 386 g/mol. The summed E-state index contributed by atoms with van der Waals surface area (Å²) in [5.41, 5.74) is 2.11. The van der Waals surface area contributed by atoms with Crippen molar-refractivity contribution in [2.24, 2.45) is 0 Å². The van der Waals surface area contributed by atoms with Crippen molar-refractivity contribution < 1.29 is 0 Å². The standard InChI is InChI=1S/C18H12N2Te/c19-13-11-17(15-7-3-1-4-8-15)21-18(12-14-20)16-9-5-2-6-10-16/h1-12H/b17-11+,18-12+. The summed E-state index contributed by atoms with van der Waals surface area (Å²) in [6.45, 7) is 0. The van der Waals surface area contributed by atoms with Crippen molar-refractivity contribution >= 4 is 28.2 Å². The van der Waals surface area contributed by atoms with E-state index in [-0.39, 0.29) is 0 Å². The summed E-state index contributed by atoms with van der Waals surface area (Å²) in [6.07, 6.45) is 3.21. The summed E-state index contributed by atoms with van der Waals surface area (Å²) in [5.74, 6) is 0. The molecule has 0 spiro atoms. The predicted octanol–water partition coefficient (Wildman–Crippen LogP) is 3.82. The van der Waals surface area contributed by atoms with Gasteiger partial charge in [-0.3, -0.25) is 0 Å². The van der Waals surface area contributed by atoms with Crippen LogP contribution in [-0.4, -0.2) is 20.9 Å². The van der Waals surface area contributed by atoms with Crippen LogP contribution in [0.25, 0.3) is 7.24 Å². The third-order valence-electron chi connectivity index (χ3n) is 2.73. The van der Waals surface area contributed by atoms with Crippen LogP contribution in [0.1, 0.15) is 11.1 Å². The Kier molecular flexibility index (Phi) is 5.81. The van der Waals surface area contributed by atoms with Crippen LogP contribution in [0.5, 0.6) is 0 Å². The van der Waals surface area contributed by atoms with E-state index >= 15 is 0 Å². The van der Waals surface area contributed by atoms with Crippen molar-refractivity contribution in [1.82, 2.24) is 0 Å². The van der Waals surface area contributed by atoms with Crippen molar-refractivity contribution in [2.45, 2.75) is 0 Å². The molecule has 0 heterocycles. The molecule has 2 aromatic carbocycles. The van der Waals surface area contributed by atoms with Crippen LogP contribution < -0.4 is 0 Å². The molecule has 0 unspecified atom stereocenters. The second-order valence-corrected chi connectivity index (χ2v) is 7.20. The van der Waals surface area contributed by atoms with E-state index in [1.807, 2.05) is 60.7 Å². The van der Waals surface area contributed by atoms with Gasteiger partial charge in [0.15, 0.2) is 0 Å². The number of hydrogen-bond donors (Lipinski definition) is 0. The molecule has 100 valence electrons. The molecule has 3 heteroatoms. The molecule has 0 fully saturated rings. The van der Waals surface area contributed by atoms with Crippen LogP contribution in [0.15, 0.2) is 72.8 Å². The van der Waals surface area contributed by atoms with E-state index in [0.29, 0.717) is 0 Å². The third-order valence-corrected chi connectivity index (χ3v) is 6.00. The van der Waals surface area contributed by atoms with Crippen LogP contribution >= 0.6 is 0 Å². The minimum absolute atomic E-state index is 0.809. The predicted molar refractivity (Wildman–Crippen MR) is 85.8 cm³/mol. The van der Waals surface area contributed by atoms with E-state index in [1.165, 1.54) is 0 Å². The Bertz CT molecular complexity index is 667. The molecule has 0 amide bonds. The summed E-state index contributed by atoms with van der Waals surface area (Å²) < 4.78 is 2.07. The molecule has 2 rings (SSSR count). The maximum atomic E-state index is 9.02. The average Bonchev–Trinajstić information content (AvgIpc) is 2.55. The van der Waals surface area contributed by atoms with Gasteiger partial charge >= 0.3 is 135 Å². The Morgan fingerprint density at radius 3 is 1.43 bits per heavy atom. The molecule has 21 heavy (non-hydrogen) atoms. The number of benzene rings is 2. The fourth-order valence-corrected chi connectivity index (χ4v) is 4.55. The van der Waals surface area contributed by atoms with Gasteiger partial charge in [0, 0.05) is 0 Å². The molecule has 0 aromatic heterocycles. The van der Waals surface area contributed by atoms with E-state index in [1.54, 1.807) is 12.2 Å². The molecule has 0 bridgehead atoms. The molecule has 0 N–H and O–H groups in total. The number of nitriles is 2. The minimum atomic E-state index is -0.809. The summed E-state index contributed by atoms with van der Waals surface area (Å²) in [7, 11) is 0. The van der Waals surface area contributed by atoms with Crippen molar-refractivity contribution in [1.29, 1.82) is 10.5 Å². The molecule has 0 radical (unpaired) electrons. The van der Waals surface area contributed by atoms with Crippen LogP contribution in [0.3, 0.4) is 0 Å². The van der Waals surface area contributed by atoms with Crippen molar-refractivity contribution in [3.8, 4) is 12.1 Å². The van der Waals surface area contributed by atoms with Crippen LogP contribution in [0.4, 0.5) is 0 Å². The second kappa shape index (κ2) is 8.08. The first-order chi connectivity index (χ1) is 10.3. The molecular formula is C18H12N2Te. The van der Waals surface area contributed by atoms with Crippen molar-refractivity contribution in [3.63, 3.8) is 0 Å². The van der Waals surface area contributed by atoms with Gasteiger partial charge in [-0.1, -0.05) is 0 Å². The van der Waals surface area contributed by atoms with E-state index in [4.69, 9.17) is 10.5 Å². The number of rotatable bonds is 4. The zero-order valence-electron chi connectivity index (χ0n) is 11.2. The molecule has 0 saturated heterocycles. The van der Waals surface area contributed by atoms with E-state index in [2.05, 4.69) is 12.1 Å². The summed E-state index contributed by atoms with van der Waals surface area (Å²) >= 11 is -0.809. The van der Waals surface area contributed by atoms with E-state index in [9.17, 15) is 0 Å². The number of allylic oxidation sites excluding steroid dienone is 2. The van der Waals surface area contributed by atoms with Gasteiger partial charge in [0.1, 0.15) is 0 Å². The quantitative estimate of drug-likeness (QED) is 0.595. The summed E-state index contributed by atoms with van der Waals surface area (Å²) in [6, 6.07) is 24.0. The zero-order chi connectivity index (χ0) is 14.9. The van der Waals surface area contributed by atoms with Gasteiger partial charge in [-0.05, 0) is 0 Å². The summed E-state index contributed by atoms with van der Waals surface area (Å²) in [5, 5.41) is 18.0. The van der Waals surface area contributed by atoms with Gasteiger partial charge in [0.05, 0.1) is 0 Å². The Morgan fingerprint density at radius 2 is 1.10 bits per heavy atom. The molecule has 0 saturated carbocycles. The Balaban J connectivity index is 2.36. The SMILES string of the molecule is N#C/C=C(/[Te]/C(=C/C#N)c1ccccc1)c1ccccc1. The first-order valence-electron chi connectivity index (χ1n) is 6.33. The fraction of sp³-hybridized carbons (Fsp3) is 0. The first-order valence-corrected chi connectivity index (χ1v) is 8.66. The molecule has 0 aliphatic heterocycles. The number of nitrogens with zero attached hydrogens (tertiary/aromatic N) is 2. The molecule has 0 aliphatic rings. The van der Waals surface area contributed by atoms with Crippen LogP contribution in [0, 0.1) is 22.7 Å². The Hall–Kier alpha value is -2.31. The van der Waals surface area contributed by atoms with Gasteiger partial charge in [-0.15, -0.1) is 0 Å². The normalized spacial score (nSPS) is 11.5. The van der Waals surface area contributed by atoms with Gasteiger partial charge in [0.25, 0.3) is 0 Å². The Morgan fingerprint density at radius 1 is 0.714 bits per heavy atom. The maximum absolute atomic E-state index is 9.02. The first kappa shape index (κ1) is 15.1. The second-order valence-electron chi connectivity index (χ2n) is 4.11. The topological polar surface area (TPSA) is 47.6 Å². The fourth-order valence-electron chi connectivity index (χ4n) is 1.78. The van der Waals surface area contributed by atoms with E-state index < -0.39 is 20.9 Å². The van der Waals surface area contributed by atoms with Crippen LogP contribution in [0.2, 0.25) is 0 Å².